The number of nitrogens with zero attached hydrogens (tertiary/aromatic N) is 1. The number of ether oxygens (including phenoxy) is 1. The molecule has 1 atom stereocenters. The van der Waals surface area contributed by atoms with Crippen molar-refractivity contribution < 1.29 is 9.13 Å². The Morgan fingerprint density at radius 2 is 2.14 bits per heavy atom. The van der Waals surface area contributed by atoms with E-state index in [4.69, 9.17) is 4.74 Å². The molecule has 0 aliphatic heterocycles. The Bertz CT molecular complexity index is 607. The zero-order chi connectivity index (χ0) is 15.2. The van der Waals surface area contributed by atoms with Crippen LogP contribution in [-0.4, -0.2) is 18.1 Å². The van der Waals surface area contributed by atoms with Crippen LogP contribution in [0.4, 0.5) is 4.39 Å². The van der Waals surface area contributed by atoms with E-state index in [0.717, 1.165) is 12.1 Å². The second kappa shape index (κ2) is 7.52. The fraction of sp³-hybridized carbons (Fsp3) is 0.312. The quantitative estimate of drug-likeness (QED) is 0.850. The van der Waals surface area contributed by atoms with Gasteiger partial charge in [-0.1, -0.05) is 19.1 Å². The molecule has 1 unspecified atom stereocenters. The van der Waals surface area contributed by atoms with Crippen LogP contribution < -0.4 is 10.1 Å². The van der Waals surface area contributed by atoms with Crippen molar-refractivity contribution in [1.29, 1.82) is 0 Å². The summed E-state index contributed by atoms with van der Waals surface area (Å²) in [4.78, 5) is 4.18. The third-order valence-electron chi connectivity index (χ3n) is 3.08. The SMILES string of the molecule is CCNC(c1cncc(OCC)c1)c1cccc(Br)c1F. The molecule has 0 aliphatic carbocycles. The highest BCUT2D eigenvalue weighted by molar-refractivity contribution is 9.10. The van der Waals surface area contributed by atoms with Gasteiger partial charge >= 0.3 is 0 Å². The summed E-state index contributed by atoms with van der Waals surface area (Å²) in [6.07, 6.45) is 3.39. The normalized spacial score (nSPS) is 12.2. The molecule has 1 N–H and O–H groups in total. The molecule has 0 amide bonds. The highest BCUT2D eigenvalue weighted by Gasteiger charge is 2.19. The van der Waals surface area contributed by atoms with Gasteiger partial charge in [-0.05, 0) is 47.1 Å². The zero-order valence-corrected chi connectivity index (χ0v) is 13.7. The first kappa shape index (κ1) is 15.9. The number of pyridine rings is 1. The van der Waals surface area contributed by atoms with Crippen molar-refractivity contribution >= 4 is 15.9 Å². The van der Waals surface area contributed by atoms with Crippen LogP contribution in [0.5, 0.6) is 5.75 Å². The summed E-state index contributed by atoms with van der Waals surface area (Å²) in [5.74, 6) is 0.429. The standard InChI is InChI=1S/C16H18BrFN2O/c1-3-20-16(13-6-5-7-14(17)15(13)18)11-8-12(21-4-2)10-19-9-11/h5-10,16,20H,3-4H2,1-2H3. The van der Waals surface area contributed by atoms with Crippen molar-refractivity contribution in [2.75, 3.05) is 13.2 Å². The summed E-state index contributed by atoms with van der Waals surface area (Å²) in [5.41, 5.74) is 1.46. The Morgan fingerprint density at radius 3 is 2.86 bits per heavy atom. The molecule has 0 bridgehead atoms. The molecule has 112 valence electrons. The Labute approximate surface area is 132 Å². The maximum Gasteiger partial charge on any atom is 0.142 e. The predicted octanol–water partition coefficient (Wildman–Crippen LogP) is 4.08. The molecule has 0 saturated carbocycles. The minimum atomic E-state index is -0.264. The Balaban J connectivity index is 2.43. The van der Waals surface area contributed by atoms with Crippen LogP contribution in [-0.2, 0) is 0 Å². The van der Waals surface area contributed by atoms with Gasteiger partial charge in [0.05, 0.1) is 23.3 Å². The van der Waals surface area contributed by atoms with Gasteiger partial charge in [0.1, 0.15) is 11.6 Å². The fourth-order valence-corrected chi connectivity index (χ4v) is 2.58. The third kappa shape index (κ3) is 3.80. The Morgan fingerprint density at radius 1 is 1.33 bits per heavy atom. The maximum atomic E-state index is 14.4. The van der Waals surface area contributed by atoms with Gasteiger partial charge in [0.2, 0.25) is 0 Å². The zero-order valence-electron chi connectivity index (χ0n) is 12.1. The third-order valence-corrected chi connectivity index (χ3v) is 3.69. The minimum absolute atomic E-state index is 0.259. The van der Waals surface area contributed by atoms with Gasteiger partial charge in [-0.15, -0.1) is 0 Å². The molecule has 2 rings (SSSR count). The number of hydrogen-bond donors (Lipinski definition) is 1. The van der Waals surface area contributed by atoms with Crippen molar-refractivity contribution in [3.63, 3.8) is 0 Å². The summed E-state index contributed by atoms with van der Waals surface area (Å²) in [6, 6.07) is 6.93. The molecule has 2 aromatic rings. The first-order chi connectivity index (χ1) is 10.2. The molecular formula is C16H18BrFN2O. The lowest BCUT2D eigenvalue weighted by atomic mass is 9.99. The molecule has 0 spiro atoms. The van der Waals surface area contributed by atoms with Gasteiger partial charge in [0.25, 0.3) is 0 Å². The lowest BCUT2D eigenvalue weighted by Crippen LogP contribution is -2.23. The number of rotatable bonds is 6. The lowest BCUT2D eigenvalue weighted by molar-refractivity contribution is 0.338. The van der Waals surface area contributed by atoms with E-state index < -0.39 is 0 Å². The van der Waals surface area contributed by atoms with Crippen LogP contribution in [0.2, 0.25) is 0 Å². The lowest BCUT2D eigenvalue weighted by Gasteiger charge is -2.20. The highest BCUT2D eigenvalue weighted by Crippen LogP contribution is 2.29. The molecule has 0 fully saturated rings. The van der Waals surface area contributed by atoms with E-state index in [-0.39, 0.29) is 11.9 Å². The minimum Gasteiger partial charge on any atom is -0.492 e. The Hall–Kier alpha value is -1.46. The smallest absolute Gasteiger partial charge is 0.142 e. The molecule has 0 saturated heterocycles. The van der Waals surface area contributed by atoms with Crippen molar-refractivity contribution in [3.05, 3.63) is 58.1 Å². The van der Waals surface area contributed by atoms with Crippen molar-refractivity contribution in [2.24, 2.45) is 0 Å². The maximum absolute atomic E-state index is 14.4. The van der Waals surface area contributed by atoms with Crippen LogP contribution >= 0.6 is 15.9 Å². The number of benzene rings is 1. The van der Waals surface area contributed by atoms with E-state index in [0.29, 0.717) is 22.4 Å². The number of halogens is 2. The fourth-order valence-electron chi connectivity index (χ4n) is 2.19. The van der Waals surface area contributed by atoms with Crippen LogP contribution in [0.3, 0.4) is 0 Å². The van der Waals surface area contributed by atoms with Crippen molar-refractivity contribution in [3.8, 4) is 5.75 Å². The van der Waals surface area contributed by atoms with Crippen LogP contribution in [0.25, 0.3) is 0 Å². The van der Waals surface area contributed by atoms with E-state index in [9.17, 15) is 4.39 Å². The van der Waals surface area contributed by atoms with Crippen LogP contribution in [0.1, 0.15) is 31.0 Å². The summed E-state index contributed by atoms with van der Waals surface area (Å²) in [5, 5.41) is 3.30. The average Bonchev–Trinajstić information content (AvgIpc) is 2.49. The van der Waals surface area contributed by atoms with Gasteiger partial charge in [-0.2, -0.15) is 0 Å². The van der Waals surface area contributed by atoms with Crippen molar-refractivity contribution in [1.82, 2.24) is 10.3 Å². The average molecular weight is 353 g/mol. The van der Waals surface area contributed by atoms with Gasteiger partial charge in [-0.3, -0.25) is 4.98 Å². The van der Waals surface area contributed by atoms with E-state index in [1.807, 2.05) is 26.0 Å². The van der Waals surface area contributed by atoms with Crippen LogP contribution in [0.15, 0.2) is 41.1 Å². The van der Waals surface area contributed by atoms with Crippen molar-refractivity contribution in [2.45, 2.75) is 19.9 Å². The number of aromatic nitrogens is 1. The molecule has 0 radical (unpaired) electrons. The van der Waals surface area contributed by atoms with E-state index in [1.165, 1.54) is 0 Å². The van der Waals surface area contributed by atoms with E-state index in [2.05, 4.69) is 26.2 Å². The largest absolute Gasteiger partial charge is 0.492 e. The van der Waals surface area contributed by atoms with Gasteiger partial charge < -0.3 is 10.1 Å². The molecule has 21 heavy (non-hydrogen) atoms. The van der Waals surface area contributed by atoms with Gasteiger partial charge in [0.15, 0.2) is 0 Å². The first-order valence-electron chi connectivity index (χ1n) is 6.92. The molecule has 1 aromatic carbocycles. The first-order valence-corrected chi connectivity index (χ1v) is 7.71. The molecule has 0 aliphatic rings. The van der Waals surface area contributed by atoms with Crippen LogP contribution in [0, 0.1) is 5.82 Å². The molecule has 5 heteroatoms. The molecule has 1 heterocycles. The summed E-state index contributed by atoms with van der Waals surface area (Å²) >= 11 is 3.23. The number of hydrogen-bond acceptors (Lipinski definition) is 3. The van der Waals surface area contributed by atoms with E-state index >= 15 is 0 Å². The monoisotopic (exact) mass is 352 g/mol. The Kier molecular flexibility index (Phi) is 5.70. The second-order valence-electron chi connectivity index (χ2n) is 4.52. The molecular weight excluding hydrogens is 335 g/mol. The summed E-state index contributed by atoms with van der Waals surface area (Å²) in [6.45, 7) is 5.20. The van der Waals surface area contributed by atoms with E-state index in [1.54, 1.807) is 24.5 Å². The predicted molar refractivity (Wildman–Crippen MR) is 85.0 cm³/mol. The van der Waals surface area contributed by atoms with Gasteiger partial charge in [-0.25, -0.2) is 4.39 Å². The topological polar surface area (TPSA) is 34.2 Å². The van der Waals surface area contributed by atoms with Gasteiger partial charge in [0, 0.05) is 11.8 Å². The summed E-state index contributed by atoms with van der Waals surface area (Å²) < 4.78 is 20.3. The molecule has 1 aromatic heterocycles. The molecule has 3 nitrogen and oxygen atoms in total. The second-order valence-corrected chi connectivity index (χ2v) is 5.38. The number of nitrogens with one attached hydrogen (secondary N) is 1. The summed E-state index contributed by atoms with van der Waals surface area (Å²) in [7, 11) is 0. The highest BCUT2D eigenvalue weighted by atomic mass is 79.9.